The monoisotopic (exact) mass is 232 g/mol. The van der Waals surface area contributed by atoms with Gasteiger partial charge in [0, 0.05) is 5.56 Å². The molecule has 0 aliphatic carbocycles. The van der Waals surface area contributed by atoms with Crippen molar-refractivity contribution in [3.8, 4) is 11.1 Å². The fraction of sp³-hybridized carbons (Fsp3) is 0.0714. The van der Waals surface area contributed by atoms with E-state index in [0.717, 1.165) is 0 Å². The number of halogens is 2. The van der Waals surface area contributed by atoms with Crippen LogP contribution in [0.4, 0.5) is 8.78 Å². The van der Waals surface area contributed by atoms with Gasteiger partial charge in [-0.1, -0.05) is 18.2 Å². The Labute approximate surface area is 97.7 Å². The van der Waals surface area contributed by atoms with E-state index in [2.05, 4.69) is 0 Å². The highest BCUT2D eigenvalue weighted by Crippen LogP contribution is 2.28. The van der Waals surface area contributed by atoms with Crippen LogP contribution in [0.1, 0.15) is 15.9 Å². The second-order valence-corrected chi connectivity index (χ2v) is 3.79. The normalized spacial score (nSPS) is 10.3. The molecular weight excluding hydrogens is 222 g/mol. The Hall–Kier alpha value is -2.03. The summed E-state index contributed by atoms with van der Waals surface area (Å²) < 4.78 is 27.2. The Balaban J connectivity index is 2.65. The van der Waals surface area contributed by atoms with Crippen molar-refractivity contribution in [1.29, 1.82) is 0 Å². The Morgan fingerprint density at radius 1 is 1.06 bits per heavy atom. The SMILES string of the molecule is Cc1cc(C=O)ccc1-c1c(F)cccc1F. The lowest BCUT2D eigenvalue weighted by Gasteiger charge is -2.08. The lowest BCUT2D eigenvalue weighted by Crippen LogP contribution is -1.93. The number of carbonyl (C=O) groups is 1. The molecule has 0 atom stereocenters. The fourth-order valence-corrected chi connectivity index (χ4v) is 1.80. The van der Waals surface area contributed by atoms with E-state index in [1.165, 1.54) is 18.2 Å². The smallest absolute Gasteiger partial charge is 0.150 e. The van der Waals surface area contributed by atoms with Crippen LogP contribution in [0, 0.1) is 18.6 Å². The predicted octanol–water partition coefficient (Wildman–Crippen LogP) is 3.75. The van der Waals surface area contributed by atoms with Gasteiger partial charge in [0.1, 0.15) is 17.9 Å². The Morgan fingerprint density at radius 3 is 2.24 bits per heavy atom. The number of rotatable bonds is 2. The van der Waals surface area contributed by atoms with Gasteiger partial charge >= 0.3 is 0 Å². The largest absolute Gasteiger partial charge is 0.298 e. The summed E-state index contributed by atoms with van der Waals surface area (Å²) >= 11 is 0. The summed E-state index contributed by atoms with van der Waals surface area (Å²) in [6.07, 6.45) is 0.703. The maximum Gasteiger partial charge on any atom is 0.150 e. The highest BCUT2D eigenvalue weighted by Gasteiger charge is 2.12. The number of hydrogen-bond donors (Lipinski definition) is 0. The van der Waals surface area contributed by atoms with Gasteiger partial charge in [-0.2, -0.15) is 0 Å². The van der Waals surface area contributed by atoms with Crippen LogP contribution in [0.25, 0.3) is 11.1 Å². The van der Waals surface area contributed by atoms with Gasteiger partial charge < -0.3 is 0 Å². The van der Waals surface area contributed by atoms with Gasteiger partial charge in [0.2, 0.25) is 0 Å². The first-order valence-corrected chi connectivity index (χ1v) is 5.13. The van der Waals surface area contributed by atoms with E-state index in [1.54, 1.807) is 25.1 Å². The zero-order valence-electron chi connectivity index (χ0n) is 9.21. The molecule has 0 aliphatic rings. The third kappa shape index (κ3) is 2.09. The summed E-state index contributed by atoms with van der Waals surface area (Å²) in [4.78, 5) is 10.6. The first-order valence-electron chi connectivity index (χ1n) is 5.13. The predicted molar refractivity (Wildman–Crippen MR) is 61.9 cm³/mol. The summed E-state index contributed by atoms with van der Waals surface area (Å²) in [5.41, 5.74) is 1.57. The molecule has 0 heterocycles. The quantitative estimate of drug-likeness (QED) is 0.720. The third-order valence-corrected chi connectivity index (χ3v) is 2.62. The minimum absolute atomic E-state index is 0.0533. The van der Waals surface area contributed by atoms with Crippen molar-refractivity contribution in [2.45, 2.75) is 6.92 Å². The topological polar surface area (TPSA) is 17.1 Å². The molecule has 86 valence electrons. The lowest BCUT2D eigenvalue weighted by molar-refractivity contribution is 0.112. The Bertz CT molecular complexity index is 556. The first kappa shape index (κ1) is 11.5. The van der Waals surface area contributed by atoms with E-state index in [0.29, 0.717) is 23.0 Å². The molecule has 2 aromatic rings. The summed E-state index contributed by atoms with van der Waals surface area (Å²) in [5.74, 6) is -1.21. The molecule has 1 nitrogen and oxygen atoms in total. The molecule has 0 saturated heterocycles. The van der Waals surface area contributed by atoms with Crippen molar-refractivity contribution in [1.82, 2.24) is 0 Å². The highest BCUT2D eigenvalue weighted by molar-refractivity contribution is 5.78. The highest BCUT2D eigenvalue weighted by atomic mass is 19.1. The van der Waals surface area contributed by atoms with Crippen LogP contribution < -0.4 is 0 Å². The van der Waals surface area contributed by atoms with Crippen molar-refractivity contribution in [3.63, 3.8) is 0 Å². The van der Waals surface area contributed by atoms with Gasteiger partial charge in [0.15, 0.2) is 0 Å². The minimum Gasteiger partial charge on any atom is -0.298 e. The second-order valence-electron chi connectivity index (χ2n) is 3.79. The van der Waals surface area contributed by atoms with Crippen LogP contribution in [-0.2, 0) is 0 Å². The minimum atomic E-state index is -0.605. The summed E-state index contributed by atoms with van der Waals surface area (Å²) in [7, 11) is 0. The Morgan fingerprint density at radius 2 is 1.71 bits per heavy atom. The Kier molecular flexibility index (Phi) is 3.00. The van der Waals surface area contributed by atoms with Crippen molar-refractivity contribution in [2.24, 2.45) is 0 Å². The van der Waals surface area contributed by atoms with Crippen LogP contribution in [0.15, 0.2) is 36.4 Å². The van der Waals surface area contributed by atoms with Crippen LogP contribution in [-0.4, -0.2) is 6.29 Å². The molecule has 0 amide bonds. The van der Waals surface area contributed by atoms with E-state index in [4.69, 9.17) is 0 Å². The average molecular weight is 232 g/mol. The van der Waals surface area contributed by atoms with Crippen LogP contribution >= 0.6 is 0 Å². The molecule has 0 bridgehead atoms. The number of benzene rings is 2. The van der Waals surface area contributed by atoms with Gasteiger partial charge in [-0.25, -0.2) is 8.78 Å². The maximum atomic E-state index is 13.6. The molecule has 0 aromatic heterocycles. The van der Waals surface area contributed by atoms with Crippen LogP contribution in [0.5, 0.6) is 0 Å². The summed E-state index contributed by atoms with van der Waals surface area (Å²) in [5, 5.41) is 0. The van der Waals surface area contributed by atoms with Crippen LogP contribution in [0.3, 0.4) is 0 Å². The molecule has 0 unspecified atom stereocenters. The second kappa shape index (κ2) is 4.45. The van der Waals surface area contributed by atoms with E-state index >= 15 is 0 Å². The lowest BCUT2D eigenvalue weighted by atomic mass is 9.98. The molecule has 0 spiro atoms. The molecule has 3 heteroatoms. The van der Waals surface area contributed by atoms with Crippen LogP contribution in [0.2, 0.25) is 0 Å². The molecule has 0 fully saturated rings. The molecule has 17 heavy (non-hydrogen) atoms. The molecule has 0 N–H and O–H groups in total. The van der Waals surface area contributed by atoms with Crippen molar-refractivity contribution in [2.75, 3.05) is 0 Å². The van der Waals surface area contributed by atoms with Gasteiger partial charge in [0.25, 0.3) is 0 Å². The standard InChI is InChI=1S/C14H10F2O/c1-9-7-10(8-17)5-6-11(9)14-12(15)3-2-4-13(14)16/h2-8H,1H3. The number of carbonyl (C=O) groups excluding carboxylic acids is 1. The van der Waals surface area contributed by atoms with E-state index in [1.807, 2.05) is 0 Å². The molecule has 0 aliphatic heterocycles. The molecule has 0 radical (unpaired) electrons. The van der Waals surface area contributed by atoms with E-state index < -0.39 is 11.6 Å². The van der Waals surface area contributed by atoms with Gasteiger partial charge in [-0.05, 0) is 36.2 Å². The first-order chi connectivity index (χ1) is 8.13. The fourth-order valence-electron chi connectivity index (χ4n) is 1.80. The number of aldehydes is 1. The molecule has 2 aromatic carbocycles. The van der Waals surface area contributed by atoms with E-state index in [9.17, 15) is 13.6 Å². The molecular formula is C14H10F2O. The van der Waals surface area contributed by atoms with Crippen molar-refractivity contribution >= 4 is 6.29 Å². The number of aryl methyl sites for hydroxylation is 1. The van der Waals surface area contributed by atoms with Crippen molar-refractivity contribution < 1.29 is 13.6 Å². The zero-order chi connectivity index (χ0) is 12.4. The zero-order valence-corrected chi connectivity index (χ0v) is 9.21. The van der Waals surface area contributed by atoms with Gasteiger partial charge in [-0.3, -0.25) is 4.79 Å². The van der Waals surface area contributed by atoms with Gasteiger partial charge in [-0.15, -0.1) is 0 Å². The third-order valence-electron chi connectivity index (χ3n) is 2.62. The maximum absolute atomic E-state index is 13.6. The average Bonchev–Trinajstić information content (AvgIpc) is 2.30. The number of hydrogen-bond acceptors (Lipinski definition) is 1. The van der Waals surface area contributed by atoms with Crippen molar-refractivity contribution in [3.05, 3.63) is 59.2 Å². The summed E-state index contributed by atoms with van der Waals surface area (Å²) in [6.45, 7) is 1.72. The van der Waals surface area contributed by atoms with E-state index in [-0.39, 0.29) is 5.56 Å². The molecule has 2 rings (SSSR count). The van der Waals surface area contributed by atoms with Gasteiger partial charge in [0.05, 0.1) is 5.56 Å². The molecule has 0 saturated carbocycles. The summed E-state index contributed by atoms with van der Waals surface area (Å²) in [6, 6.07) is 8.45.